The first kappa shape index (κ1) is 17.4. The molecule has 3 aliphatic heterocycles. The van der Waals surface area contributed by atoms with Crippen LogP contribution in [-0.4, -0.2) is 68.0 Å². The molecule has 0 unspecified atom stereocenters. The van der Waals surface area contributed by atoms with Crippen molar-refractivity contribution in [2.45, 2.75) is 43.2 Å². The molecule has 0 bridgehead atoms. The van der Waals surface area contributed by atoms with Gasteiger partial charge in [-0.15, -0.1) is 0 Å². The predicted molar refractivity (Wildman–Crippen MR) is 94.7 cm³/mol. The summed E-state index contributed by atoms with van der Waals surface area (Å²) >= 11 is 0. The van der Waals surface area contributed by atoms with Crippen LogP contribution in [0.5, 0.6) is 0 Å². The maximum Gasteiger partial charge on any atom is 0.260 e. The summed E-state index contributed by atoms with van der Waals surface area (Å²) in [5, 5.41) is 0.153. The summed E-state index contributed by atoms with van der Waals surface area (Å²) in [6.45, 7) is 5.35. The fraction of sp³-hybridized carbons (Fsp3) is 0.722. The lowest BCUT2D eigenvalue weighted by atomic mass is 9.77. The predicted octanol–water partition coefficient (Wildman–Crippen LogP) is 1.74. The molecule has 1 spiro atoms. The first-order chi connectivity index (χ1) is 12.1. The third-order valence-corrected chi connectivity index (χ3v) is 7.79. The average molecular weight is 365 g/mol. The van der Waals surface area contributed by atoms with Crippen molar-refractivity contribution in [3.05, 3.63) is 24.4 Å². The van der Waals surface area contributed by atoms with Gasteiger partial charge in [0.05, 0.1) is 12.7 Å². The van der Waals surface area contributed by atoms with E-state index < -0.39 is 10.0 Å². The molecule has 3 aliphatic rings. The van der Waals surface area contributed by atoms with E-state index >= 15 is 0 Å². The molecule has 4 rings (SSSR count). The molecule has 138 valence electrons. The van der Waals surface area contributed by atoms with Gasteiger partial charge in [0.1, 0.15) is 0 Å². The van der Waals surface area contributed by atoms with Gasteiger partial charge in [0, 0.05) is 25.8 Å². The molecule has 0 radical (unpaired) electrons. The lowest BCUT2D eigenvalue weighted by Gasteiger charge is -2.37. The monoisotopic (exact) mass is 365 g/mol. The summed E-state index contributed by atoms with van der Waals surface area (Å²) in [7, 11) is -3.47. The van der Waals surface area contributed by atoms with Gasteiger partial charge in [-0.1, -0.05) is 6.07 Å². The van der Waals surface area contributed by atoms with Crippen LogP contribution in [-0.2, 0) is 14.8 Å². The zero-order valence-electron chi connectivity index (χ0n) is 14.6. The van der Waals surface area contributed by atoms with Crippen molar-refractivity contribution in [3.63, 3.8) is 0 Å². The van der Waals surface area contributed by atoms with Crippen molar-refractivity contribution in [2.75, 3.05) is 39.3 Å². The Hall–Kier alpha value is -1.02. The molecule has 25 heavy (non-hydrogen) atoms. The Morgan fingerprint density at radius 2 is 1.92 bits per heavy atom. The number of sulfonamides is 1. The number of ether oxygens (including phenoxy) is 1. The van der Waals surface area contributed by atoms with Crippen LogP contribution < -0.4 is 0 Å². The minimum atomic E-state index is -3.47. The Morgan fingerprint density at radius 1 is 1.16 bits per heavy atom. The minimum absolute atomic E-state index is 0.153. The topological polar surface area (TPSA) is 62.7 Å². The van der Waals surface area contributed by atoms with Crippen molar-refractivity contribution in [2.24, 2.45) is 5.41 Å². The number of piperidine rings is 1. The van der Waals surface area contributed by atoms with E-state index in [1.807, 2.05) is 0 Å². The molecule has 0 amide bonds. The third-order valence-electron chi connectivity index (χ3n) is 5.97. The molecule has 0 aromatic carbocycles. The lowest BCUT2D eigenvalue weighted by molar-refractivity contribution is 0.0627. The molecule has 4 heterocycles. The lowest BCUT2D eigenvalue weighted by Crippen LogP contribution is -2.43. The Balaban J connectivity index is 1.35. The molecule has 7 heteroatoms. The van der Waals surface area contributed by atoms with Crippen LogP contribution in [0.25, 0.3) is 0 Å². The standard InChI is InChI=1S/C18H27N3O3S/c22-25(23,17-5-1-2-8-19-17)21-11-6-18(7-12-21)13-16(24-15-18)14-20-9-3-4-10-20/h1-2,5,8,16H,3-4,6-7,9-15H2/t16-/m0/s1. The van der Waals surface area contributed by atoms with E-state index in [1.54, 1.807) is 22.5 Å². The van der Waals surface area contributed by atoms with Crippen molar-refractivity contribution in [1.29, 1.82) is 0 Å². The summed E-state index contributed by atoms with van der Waals surface area (Å²) in [5.74, 6) is 0. The fourth-order valence-corrected chi connectivity index (χ4v) is 5.82. The molecule has 1 atom stereocenters. The number of rotatable bonds is 4. The SMILES string of the molecule is O=S(=O)(c1ccccn1)N1CCC2(CC1)CO[C@H](CN1CCCC1)C2. The molecule has 1 aromatic rings. The Morgan fingerprint density at radius 3 is 2.60 bits per heavy atom. The highest BCUT2D eigenvalue weighted by Gasteiger charge is 2.44. The molecular formula is C18H27N3O3S. The molecule has 0 saturated carbocycles. The number of nitrogens with zero attached hydrogens (tertiary/aromatic N) is 3. The van der Waals surface area contributed by atoms with Gasteiger partial charge in [0.15, 0.2) is 5.03 Å². The number of hydrogen-bond donors (Lipinski definition) is 0. The van der Waals surface area contributed by atoms with Crippen molar-refractivity contribution >= 4 is 10.0 Å². The van der Waals surface area contributed by atoms with E-state index in [2.05, 4.69) is 9.88 Å². The van der Waals surface area contributed by atoms with E-state index in [1.165, 1.54) is 32.1 Å². The van der Waals surface area contributed by atoms with Gasteiger partial charge in [0.25, 0.3) is 10.0 Å². The van der Waals surface area contributed by atoms with Gasteiger partial charge in [-0.05, 0) is 62.7 Å². The maximum atomic E-state index is 12.7. The summed E-state index contributed by atoms with van der Waals surface area (Å²) in [5.41, 5.74) is 0.167. The number of pyridine rings is 1. The second-order valence-corrected chi connectivity index (χ2v) is 9.60. The van der Waals surface area contributed by atoms with Crippen LogP contribution in [0.3, 0.4) is 0 Å². The van der Waals surface area contributed by atoms with Crippen molar-refractivity contribution < 1.29 is 13.2 Å². The first-order valence-corrected chi connectivity index (χ1v) is 10.8. The zero-order chi connectivity index (χ0) is 17.3. The van der Waals surface area contributed by atoms with Crippen LogP contribution in [0, 0.1) is 5.41 Å². The molecular weight excluding hydrogens is 338 g/mol. The minimum Gasteiger partial charge on any atom is -0.376 e. The highest BCUT2D eigenvalue weighted by Crippen LogP contribution is 2.43. The first-order valence-electron chi connectivity index (χ1n) is 9.33. The molecule has 3 saturated heterocycles. The largest absolute Gasteiger partial charge is 0.376 e. The Labute approximate surface area is 150 Å². The highest BCUT2D eigenvalue weighted by atomic mass is 32.2. The fourth-order valence-electron chi connectivity index (χ4n) is 4.45. The quantitative estimate of drug-likeness (QED) is 0.813. The third kappa shape index (κ3) is 3.60. The molecule has 6 nitrogen and oxygen atoms in total. The number of aromatic nitrogens is 1. The van der Waals surface area contributed by atoms with Crippen LogP contribution in [0.4, 0.5) is 0 Å². The Kier molecular flexibility index (Phi) is 4.83. The smallest absolute Gasteiger partial charge is 0.260 e. The van der Waals surface area contributed by atoms with Gasteiger partial charge in [-0.25, -0.2) is 13.4 Å². The van der Waals surface area contributed by atoms with Crippen molar-refractivity contribution in [1.82, 2.24) is 14.2 Å². The maximum absolute atomic E-state index is 12.7. The molecule has 0 N–H and O–H groups in total. The zero-order valence-corrected chi connectivity index (χ0v) is 15.5. The van der Waals surface area contributed by atoms with Crippen LogP contribution in [0.2, 0.25) is 0 Å². The average Bonchev–Trinajstić information content (AvgIpc) is 3.27. The second kappa shape index (κ2) is 6.95. The van der Waals surface area contributed by atoms with Gasteiger partial charge in [-0.3, -0.25) is 0 Å². The van der Waals surface area contributed by atoms with Gasteiger partial charge in [0.2, 0.25) is 0 Å². The van der Waals surface area contributed by atoms with E-state index in [9.17, 15) is 8.42 Å². The van der Waals surface area contributed by atoms with Gasteiger partial charge < -0.3 is 9.64 Å². The number of likely N-dealkylation sites (tertiary alicyclic amines) is 1. The molecule has 3 fully saturated rings. The molecule has 0 aliphatic carbocycles. The summed E-state index contributed by atoms with van der Waals surface area (Å²) in [6, 6.07) is 5.03. The summed E-state index contributed by atoms with van der Waals surface area (Å²) < 4.78 is 33.1. The van der Waals surface area contributed by atoms with Crippen LogP contribution >= 0.6 is 0 Å². The van der Waals surface area contributed by atoms with Crippen molar-refractivity contribution in [3.8, 4) is 0 Å². The van der Waals surface area contributed by atoms with E-state index in [0.29, 0.717) is 19.2 Å². The number of hydrogen-bond acceptors (Lipinski definition) is 5. The highest BCUT2D eigenvalue weighted by molar-refractivity contribution is 7.89. The summed E-state index contributed by atoms with van der Waals surface area (Å²) in [6.07, 6.45) is 7.30. The van der Waals surface area contributed by atoms with E-state index in [-0.39, 0.29) is 10.4 Å². The van der Waals surface area contributed by atoms with Gasteiger partial charge in [-0.2, -0.15) is 4.31 Å². The van der Waals surface area contributed by atoms with E-state index in [4.69, 9.17) is 4.74 Å². The molecule has 1 aromatic heterocycles. The second-order valence-electron chi connectivity index (χ2n) is 7.72. The van der Waals surface area contributed by atoms with Crippen LogP contribution in [0.1, 0.15) is 32.1 Å². The van der Waals surface area contributed by atoms with Gasteiger partial charge >= 0.3 is 0 Å². The summed E-state index contributed by atoms with van der Waals surface area (Å²) in [4.78, 5) is 6.53. The van der Waals surface area contributed by atoms with E-state index in [0.717, 1.165) is 32.4 Å². The Bertz CT molecular complexity index is 681. The normalized spacial score (nSPS) is 27.9. The van der Waals surface area contributed by atoms with Crippen LogP contribution in [0.15, 0.2) is 29.4 Å².